The number of rotatable bonds is 2. The lowest BCUT2D eigenvalue weighted by atomic mass is 10.3. The minimum Gasteiger partial charge on any atom is -0.446 e. The van der Waals surface area contributed by atoms with Crippen LogP contribution in [-0.4, -0.2) is 13.4 Å². The molecule has 0 saturated heterocycles. The topological polar surface area (TPSA) is 21.6 Å². The molecule has 1 aromatic rings. The summed E-state index contributed by atoms with van der Waals surface area (Å²) in [5, 5.41) is 0. The Morgan fingerprint density at radius 2 is 1.75 bits per heavy atom. The molecule has 0 aliphatic rings. The number of hydrogen-bond acceptors (Lipinski definition) is 2. The number of nitrogens with zero attached hydrogens (tertiary/aromatic N) is 1. The van der Waals surface area contributed by atoms with Gasteiger partial charge in [-0.15, -0.1) is 0 Å². The van der Waals surface area contributed by atoms with E-state index in [0.29, 0.717) is 0 Å². The summed E-state index contributed by atoms with van der Waals surface area (Å²) in [7, 11) is 1.67. The number of ether oxygens (including phenoxy) is 1. The molecule has 1 rings (SSSR count). The van der Waals surface area contributed by atoms with Crippen molar-refractivity contribution in [3.05, 3.63) is 30.3 Å². The van der Waals surface area contributed by atoms with E-state index in [4.69, 9.17) is 4.74 Å². The van der Waals surface area contributed by atoms with Gasteiger partial charge in [0.25, 0.3) is 0 Å². The molecule has 2 nitrogen and oxygen atoms in total. The molecule has 66 valence electrons. The van der Waals surface area contributed by atoms with Crippen molar-refractivity contribution in [1.82, 2.24) is 0 Å². The minimum atomic E-state index is 0.813. The van der Waals surface area contributed by atoms with Crippen molar-refractivity contribution in [3.8, 4) is 5.75 Å². The van der Waals surface area contributed by atoms with Gasteiger partial charge in [0.15, 0.2) is 6.40 Å². The quantitative estimate of drug-likeness (QED) is 0.487. The van der Waals surface area contributed by atoms with Crippen LogP contribution in [0.1, 0.15) is 13.8 Å². The van der Waals surface area contributed by atoms with Crippen molar-refractivity contribution in [2.24, 2.45) is 4.99 Å². The molecule has 0 aromatic heterocycles. The van der Waals surface area contributed by atoms with E-state index < -0.39 is 0 Å². The normalized spacial score (nSPS) is 8.92. The van der Waals surface area contributed by atoms with Crippen LogP contribution < -0.4 is 4.74 Å². The van der Waals surface area contributed by atoms with Gasteiger partial charge >= 0.3 is 0 Å². The molecule has 0 aliphatic carbocycles. The average molecular weight is 165 g/mol. The first-order chi connectivity index (χ1) is 5.93. The van der Waals surface area contributed by atoms with Crippen molar-refractivity contribution < 1.29 is 4.74 Å². The van der Waals surface area contributed by atoms with Gasteiger partial charge in [-0.1, -0.05) is 32.0 Å². The lowest BCUT2D eigenvalue weighted by Crippen LogP contribution is -1.87. The first-order valence-electron chi connectivity index (χ1n) is 4.06. The van der Waals surface area contributed by atoms with Gasteiger partial charge < -0.3 is 4.74 Å². The molecule has 0 aliphatic heterocycles. The summed E-state index contributed by atoms with van der Waals surface area (Å²) in [6.07, 6.45) is 1.41. The summed E-state index contributed by atoms with van der Waals surface area (Å²) < 4.78 is 5.06. The zero-order valence-corrected chi connectivity index (χ0v) is 7.82. The van der Waals surface area contributed by atoms with E-state index in [9.17, 15) is 0 Å². The third-order valence-corrected chi connectivity index (χ3v) is 1.04. The standard InChI is InChI=1S/C8H9NO.C2H6/c1-9-7-10-8-5-3-2-4-6-8;1-2/h2-7H,1H3;1-2H3. The van der Waals surface area contributed by atoms with Crippen LogP contribution in [0.2, 0.25) is 0 Å². The summed E-state index contributed by atoms with van der Waals surface area (Å²) in [5.41, 5.74) is 0. The van der Waals surface area contributed by atoms with E-state index in [1.165, 1.54) is 6.40 Å². The Balaban J connectivity index is 0.000000561. The van der Waals surface area contributed by atoms with Gasteiger partial charge in [0, 0.05) is 7.05 Å². The molecule has 0 saturated carbocycles. The molecule has 0 N–H and O–H groups in total. The summed E-state index contributed by atoms with van der Waals surface area (Å²) in [6, 6.07) is 9.52. The van der Waals surface area contributed by atoms with E-state index >= 15 is 0 Å². The van der Waals surface area contributed by atoms with Gasteiger partial charge in [-0.25, -0.2) is 0 Å². The number of benzene rings is 1. The fourth-order valence-corrected chi connectivity index (χ4v) is 0.613. The fourth-order valence-electron chi connectivity index (χ4n) is 0.613. The molecule has 2 heteroatoms. The second-order valence-corrected chi connectivity index (χ2v) is 1.79. The summed E-state index contributed by atoms with van der Waals surface area (Å²) in [5.74, 6) is 0.813. The second-order valence-electron chi connectivity index (χ2n) is 1.79. The van der Waals surface area contributed by atoms with Crippen LogP contribution in [0.3, 0.4) is 0 Å². The Morgan fingerprint density at radius 1 is 1.17 bits per heavy atom. The van der Waals surface area contributed by atoms with Crippen molar-refractivity contribution >= 4 is 6.40 Å². The highest BCUT2D eigenvalue weighted by atomic mass is 16.5. The second kappa shape index (κ2) is 7.79. The van der Waals surface area contributed by atoms with Crippen molar-refractivity contribution in [3.63, 3.8) is 0 Å². The molecular formula is C10H15NO. The van der Waals surface area contributed by atoms with Crippen LogP contribution in [0.5, 0.6) is 5.75 Å². The summed E-state index contributed by atoms with van der Waals surface area (Å²) >= 11 is 0. The summed E-state index contributed by atoms with van der Waals surface area (Å²) in [6.45, 7) is 4.00. The monoisotopic (exact) mass is 165 g/mol. The number of para-hydroxylation sites is 1. The number of aliphatic imine (C=N–C) groups is 1. The molecule has 0 spiro atoms. The SMILES string of the molecule is CC.CN=COc1ccccc1. The Labute approximate surface area is 73.9 Å². The lowest BCUT2D eigenvalue weighted by Gasteiger charge is -1.95. The van der Waals surface area contributed by atoms with Gasteiger partial charge in [0.2, 0.25) is 0 Å². The van der Waals surface area contributed by atoms with Gasteiger partial charge in [0.05, 0.1) is 0 Å². The van der Waals surface area contributed by atoms with Gasteiger partial charge in [-0.05, 0) is 12.1 Å². The number of hydrogen-bond donors (Lipinski definition) is 0. The molecule has 0 heterocycles. The molecule has 0 bridgehead atoms. The Hall–Kier alpha value is -1.31. The zero-order chi connectivity index (χ0) is 9.23. The largest absolute Gasteiger partial charge is 0.446 e. The predicted molar refractivity (Wildman–Crippen MR) is 52.8 cm³/mol. The maximum atomic E-state index is 5.06. The van der Waals surface area contributed by atoms with E-state index in [1.807, 2.05) is 44.2 Å². The third kappa shape index (κ3) is 4.50. The van der Waals surface area contributed by atoms with Crippen molar-refractivity contribution in [2.45, 2.75) is 13.8 Å². The Kier molecular flexibility index (Phi) is 6.94. The van der Waals surface area contributed by atoms with E-state index in [-0.39, 0.29) is 0 Å². The third-order valence-electron chi connectivity index (χ3n) is 1.04. The van der Waals surface area contributed by atoms with Crippen LogP contribution in [0, 0.1) is 0 Å². The maximum absolute atomic E-state index is 5.06. The van der Waals surface area contributed by atoms with Crippen LogP contribution in [0.15, 0.2) is 35.3 Å². The molecule has 0 amide bonds. The van der Waals surface area contributed by atoms with Crippen LogP contribution in [0.25, 0.3) is 0 Å². The fraction of sp³-hybridized carbons (Fsp3) is 0.300. The zero-order valence-electron chi connectivity index (χ0n) is 7.82. The molecule has 0 fully saturated rings. The Morgan fingerprint density at radius 3 is 2.25 bits per heavy atom. The summed E-state index contributed by atoms with van der Waals surface area (Å²) in [4.78, 5) is 3.68. The molecule has 1 aromatic carbocycles. The molecule has 0 atom stereocenters. The van der Waals surface area contributed by atoms with E-state index in [2.05, 4.69) is 4.99 Å². The minimum absolute atomic E-state index is 0.813. The van der Waals surface area contributed by atoms with Crippen LogP contribution in [-0.2, 0) is 0 Å². The molecule has 0 unspecified atom stereocenters. The van der Waals surface area contributed by atoms with Crippen molar-refractivity contribution in [2.75, 3.05) is 7.05 Å². The average Bonchev–Trinajstić information content (AvgIpc) is 2.19. The van der Waals surface area contributed by atoms with Crippen LogP contribution >= 0.6 is 0 Å². The predicted octanol–water partition coefficient (Wildman–Crippen LogP) is 2.75. The molecule has 12 heavy (non-hydrogen) atoms. The smallest absolute Gasteiger partial charge is 0.176 e. The highest BCUT2D eigenvalue weighted by Crippen LogP contribution is 2.06. The highest BCUT2D eigenvalue weighted by molar-refractivity contribution is 5.51. The first kappa shape index (κ1) is 10.7. The van der Waals surface area contributed by atoms with Crippen molar-refractivity contribution in [1.29, 1.82) is 0 Å². The van der Waals surface area contributed by atoms with Gasteiger partial charge in [-0.2, -0.15) is 0 Å². The lowest BCUT2D eigenvalue weighted by molar-refractivity contribution is 0.573. The Bertz CT molecular complexity index is 206. The maximum Gasteiger partial charge on any atom is 0.176 e. The highest BCUT2D eigenvalue weighted by Gasteiger charge is 1.83. The van der Waals surface area contributed by atoms with Gasteiger partial charge in [-0.3, -0.25) is 4.99 Å². The van der Waals surface area contributed by atoms with E-state index in [0.717, 1.165) is 5.75 Å². The first-order valence-corrected chi connectivity index (χ1v) is 4.06. The van der Waals surface area contributed by atoms with Crippen LogP contribution in [0.4, 0.5) is 0 Å². The molecule has 0 radical (unpaired) electrons. The molecular weight excluding hydrogens is 150 g/mol. The van der Waals surface area contributed by atoms with Gasteiger partial charge in [0.1, 0.15) is 5.75 Å². The van der Waals surface area contributed by atoms with E-state index in [1.54, 1.807) is 7.05 Å².